The fourth-order valence-corrected chi connectivity index (χ4v) is 3.86. The molecular weight excluding hydrogens is 378 g/mol. The fraction of sp³-hybridized carbons (Fsp3) is 0.588. The molecule has 150 valence electrons. The first kappa shape index (κ1) is 24.8. The topological polar surface area (TPSA) is 87.7 Å². The zero-order valence-electron chi connectivity index (χ0n) is 15.9. The van der Waals surface area contributed by atoms with E-state index in [0.29, 0.717) is 44.9 Å². The Morgan fingerprint density at radius 1 is 1.15 bits per heavy atom. The molecule has 0 aromatic heterocycles. The molecule has 0 fully saturated rings. The van der Waals surface area contributed by atoms with Crippen molar-refractivity contribution >= 4 is 28.3 Å². The van der Waals surface area contributed by atoms with E-state index in [9.17, 15) is 13.2 Å². The van der Waals surface area contributed by atoms with Gasteiger partial charge in [-0.2, -0.15) is 4.31 Å². The van der Waals surface area contributed by atoms with Crippen LogP contribution >= 0.6 is 12.4 Å². The predicted molar refractivity (Wildman–Crippen MR) is 106 cm³/mol. The van der Waals surface area contributed by atoms with Gasteiger partial charge in [0.25, 0.3) is 5.91 Å². The molecule has 0 spiro atoms. The molecule has 0 heterocycles. The summed E-state index contributed by atoms with van der Waals surface area (Å²) in [6.45, 7) is 8.54. The Hall–Kier alpha value is -1.19. The summed E-state index contributed by atoms with van der Waals surface area (Å²) >= 11 is 0. The first-order valence-corrected chi connectivity index (χ1v) is 9.91. The van der Waals surface area contributed by atoms with Gasteiger partial charge in [0.15, 0.2) is 0 Å². The molecule has 0 saturated heterocycles. The van der Waals surface area contributed by atoms with Crippen molar-refractivity contribution in [2.75, 3.05) is 46.4 Å². The summed E-state index contributed by atoms with van der Waals surface area (Å²) in [5, 5.41) is 5.93. The Labute approximate surface area is 162 Å². The first-order valence-electron chi connectivity index (χ1n) is 8.47. The van der Waals surface area contributed by atoms with E-state index in [2.05, 4.69) is 10.6 Å². The van der Waals surface area contributed by atoms with E-state index in [0.717, 1.165) is 5.56 Å². The molecule has 0 radical (unpaired) electrons. The van der Waals surface area contributed by atoms with Gasteiger partial charge in [-0.25, -0.2) is 8.42 Å². The molecule has 0 atom stereocenters. The second-order valence-electron chi connectivity index (χ2n) is 5.56. The number of methoxy groups -OCH3 is 1. The van der Waals surface area contributed by atoms with Gasteiger partial charge in [-0.15, -0.1) is 12.4 Å². The monoisotopic (exact) mass is 407 g/mol. The van der Waals surface area contributed by atoms with Crippen LogP contribution in [0.5, 0.6) is 0 Å². The standard InChI is InChI=1S/C17H29N3O4S.ClH/c1-5-20(6-2)25(22,23)15-8-7-14(3)16(13-15)17(21)19-10-9-18-11-12-24-4;/h7-8,13,18H,5-6,9-12H2,1-4H3,(H,19,21);1H. The van der Waals surface area contributed by atoms with E-state index >= 15 is 0 Å². The van der Waals surface area contributed by atoms with Crippen LogP contribution in [0.2, 0.25) is 0 Å². The van der Waals surface area contributed by atoms with E-state index < -0.39 is 10.0 Å². The molecule has 1 aromatic carbocycles. The number of benzene rings is 1. The normalized spacial score (nSPS) is 11.3. The van der Waals surface area contributed by atoms with Crippen molar-refractivity contribution in [3.63, 3.8) is 0 Å². The average molecular weight is 408 g/mol. The molecule has 0 aliphatic rings. The zero-order valence-corrected chi connectivity index (χ0v) is 17.5. The minimum Gasteiger partial charge on any atom is -0.383 e. The Kier molecular flexibility index (Phi) is 11.7. The van der Waals surface area contributed by atoms with E-state index in [1.807, 2.05) is 0 Å². The van der Waals surface area contributed by atoms with Crippen LogP contribution in [0, 0.1) is 6.92 Å². The molecule has 26 heavy (non-hydrogen) atoms. The SMILES string of the molecule is CCN(CC)S(=O)(=O)c1ccc(C)c(C(=O)NCCNCCOC)c1.Cl. The largest absolute Gasteiger partial charge is 0.383 e. The van der Waals surface area contributed by atoms with Crippen molar-refractivity contribution in [2.24, 2.45) is 0 Å². The second kappa shape index (κ2) is 12.2. The summed E-state index contributed by atoms with van der Waals surface area (Å²) in [7, 11) is -1.95. The van der Waals surface area contributed by atoms with Gasteiger partial charge in [0, 0.05) is 45.4 Å². The van der Waals surface area contributed by atoms with Crippen LogP contribution in [0.3, 0.4) is 0 Å². The Bertz CT molecular complexity index is 664. The molecule has 1 aromatic rings. The van der Waals surface area contributed by atoms with Gasteiger partial charge in [-0.3, -0.25) is 4.79 Å². The molecule has 0 bridgehead atoms. The Morgan fingerprint density at radius 2 is 1.81 bits per heavy atom. The molecule has 9 heteroatoms. The Morgan fingerprint density at radius 3 is 2.38 bits per heavy atom. The Balaban J connectivity index is 0.00000625. The van der Waals surface area contributed by atoms with Crippen LogP contribution in [0.4, 0.5) is 0 Å². The number of ether oxygens (including phenoxy) is 1. The van der Waals surface area contributed by atoms with Crippen LogP contribution in [0.15, 0.2) is 23.1 Å². The van der Waals surface area contributed by atoms with Crippen LogP contribution in [0.1, 0.15) is 29.8 Å². The maximum absolute atomic E-state index is 12.6. The lowest BCUT2D eigenvalue weighted by atomic mass is 10.1. The quantitative estimate of drug-likeness (QED) is 0.541. The molecule has 0 saturated carbocycles. The van der Waals surface area contributed by atoms with Gasteiger partial charge in [0.2, 0.25) is 10.0 Å². The van der Waals surface area contributed by atoms with Crippen LogP contribution in [-0.2, 0) is 14.8 Å². The summed E-state index contributed by atoms with van der Waals surface area (Å²) in [5.74, 6) is -0.275. The highest BCUT2D eigenvalue weighted by molar-refractivity contribution is 7.89. The first-order chi connectivity index (χ1) is 11.9. The lowest BCUT2D eigenvalue weighted by molar-refractivity contribution is 0.0953. The third-order valence-corrected chi connectivity index (χ3v) is 5.91. The highest BCUT2D eigenvalue weighted by atomic mass is 35.5. The fourth-order valence-electron chi connectivity index (χ4n) is 2.38. The highest BCUT2D eigenvalue weighted by Crippen LogP contribution is 2.19. The van der Waals surface area contributed by atoms with Crippen molar-refractivity contribution in [1.29, 1.82) is 0 Å². The van der Waals surface area contributed by atoms with Gasteiger partial charge in [0.1, 0.15) is 0 Å². The molecule has 7 nitrogen and oxygen atoms in total. The number of hydrogen-bond donors (Lipinski definition) is 2. The zero-order chi connectivity index (χ0) is 18.9. The second-order valence-corrected chi connectivity index (χ2v) is 7.50. The predicted octanol–water partition coefficient (Wildman–Crippen LogP) is 1.41. The number of carbonyl (C=O) groups excluding carboxylic acids is 1. The van der Waals surface area contributed by atoms with Gasteiger partial charge in [0.05, 0.1) is 11.5 Å². The number of amides is 1. The summed E-state index contributed by atoms with van der Waals surface area (Å²) in [6.07, 6.45) is 0. The van der Waals surface area contributed by atoms with Gasteiger partial charge in [-0.1, -0.05) is 19.9 Å². The summed E-state index contributed by atoms with van der Waals surface area (Å²) in [5.41, 5.74) is 1.12. The van der Waals surface area contributed by atoms with Crippen LogP contribution < -0.4 is 10.6 Å². The summed E-state index contributed by atoms with van der Waals surface area (Å²) < 4.78 is 31.5. The third kappa shape index (κ3) is 6.85. The number of nitrogens with zero attached hydrogens (tertiary/aromatic N) is 1. The van der Waals surface area contributed by atoms with Crippen LogP contribution in [-0.4, -0.2) is 65.1 Å². The minimum atomic E-state index is -3.58. The minimum absolute atomic E-state index is 0. The maximum atomic E-state index is 12.6. The number of hydrogen-bond acceptors (Lipinski definition) is 5. The number of carbonyl (C=O) groups is 1. The van der Waals surface area contributed by atoms with Crippen molar-refractivity contribution in [3.05, 3.63) is 29.3 Å². The van der Waals surface area contributed by atoms with E-state index in [4.69, 9.17) is 4.74 Å². The lowest BCUT2D eigenvalue weighted by Gasteiger charge is -2.19. The molecule has 0 unspecified atom stereocenters. The number of halogens is 1. The van der Waals surface area contributed by atoms with E-state index in [-0.39, 0.29) is 23.2 Å². The number of aryl methyl sites for hydroxylation is 1. The van der Waals surface area contributed by atoms with Gasteiger partial charge < -0.3 is 15.4 Å². The number of nitrogens with one attached hydrogen (secondary N) is 2. The van der Waals surface area contributed by atoms with Crippen molar-refractivity contribution in [3.8, 4) is 0 Å². The highest BCUT2D eigenvalue weighted by Gasteiger charge is 2.23. The van der Waals surface area contributed by atoms with Crippen molar-refractivity contribution < 1.29 is 17.9 Å². The average Bonchev–Trinajstić information content (AvgIpc) is 2.58. The summed E-state index contributed by atoms with van der Waals surface area (Å²) in [4.78, 5) is 12.5. The maximum Gasteiger partial charge on any atom is 0.251 e. The number of sulfonamides is 1. The van der Waals surface area contributed by atoms with Gasteiger partial charge in [-0.05, 0) is 24.6 Å². The summed E-state index contributed by atoms with van der Waals surface area (Å²) in [6, 6.07) is 4.67. The van der Waals surface area contributed by atoms with E-state index in [1.165, 1.54) is 10.4 Å². The van der Waals surface area contributed by atoms with E-state index in [1.54, 1.807) is 40.0 Å². The number of rotatable bonds is 11. The molecule has 2 N–H and O–H groups in total. The molecule has 0 aliphatic carbocycles. The van der Waals surface area contributed by atoms with Crippen molar-refractivity contribution in [1.82, 2.24) is 14.9 Å². The van der Waals surface area contributed by atoms with Crippen molar-refractivity contribution in [2.45, 2.75) is 25.7 Å². The molecular formula is C17H30ClN3O4S. The smallest absolute Gasteiger partial charge is 0.251 e. The molecule has 0 aliphatic heterocycles. The molecule has 1 rings (SSSR count). The van der Waals surface area contributed by atoms with Gasteiger partial charge >= 0.3 is 0 Å². The third-order valence-electron chi connectivity index (χ3n) is 3.87. The lowest BCUT2D eigenvalue weighted by Crippen LogP contribution is -2.34. The van der Waals surface area contributed by atoms with Crippen LogP contribution in [0.25, 0.3) is 0 Å². The molecule has 1 amide bonds.